The molecule has 1 aromatic carbocycles. The number of hydrogen-bond acceptors (Lipinski definition) is 4. The molecule has 2 rings (SSSR count). The topological polar surface area (TPSA) is 55.8 Å². The highest BCUT2D eigenvalue weighted by Gasteiger charge is 2.19. The van der Waals surface area contributed by atoms with Crippen molar-refractivity contribution >= 4 is 5.97 Å². The van der Waals surface area contributed by atoms with E-state index >= 15 is 0 Å². The van der Waals surface area contributed by atoms with Crippen LogP contribution in [0.25, 0.3) is 0 Å². The van der Waals surface area contributed by atoms with Crippen LogP contribution >= 0.6 is 0 Å². The SMILES string of the molecule is O=C(OOC1CCCCC1)c1ccccc1O. The second-order valence-corrected chi connectivity index (χ2v) is 4.24. The average molecular weight is 236 g/mol. The van der Waals surface area contributed by atoms with Crippen molar-refractivity contribution in [2.24, 2.45) is 0 Å². The van der Waals surface area contributed by atoms with E-state index < -0.39 is 5.97 Å². The highest BCUT2D eigenvalue weighted by Crippen LogP contribution is 2.22. The highest BCUT2D eigenvalue weighted by molar-refractivity contribution is 5.91. The maximum absolute atomic E-state index is 11.6. The number of hydrogen-bond donors (Lipinski definition) is 1. The molecule has 4 heteroatoms. The van der Waals surface area contributed by atoms with Crippen molar-refractivity contribution < 1.29 is 19.7 Å². The zero-order chi connectivity index (χ0) is 12.1. The van der Waals surface area contributed by atoms with Gasteiger partial charge in [-0.15, -0.1) is 0 Å². The van der Waals surface area contributed by atoms with Gasteiger partial charge in [0.1, 0.15) is 17.4 Å². The number of carbonyl (C=O) groups excluding carboxylic acids is 1. The van der Waals surface area contributed by atoms with Crippen LogP contribution < -0.4 is 0 Å². The minimum absolute atomic E-state index is 0.00134. The predicted octanol–water partition coefficient (Wildman–Crippen LogP) is 2.81. The van der Waals surface area contributed by atoms with E-state index in [4.69, 9.17) is 9.78 Å². The Bertz CT molecular complexity index is 383. The van der Waals surface area contributed by atoms with Crippen LogP contribution in [0, 0.1) is 0 Å². The standard InChI is InChI=1S/C13H16O4/c14-12-9-5-4-8-11(12)13(15)17-16-10-6-2-1-3-7-10/h4-5,8-10,14H,1-3,6-7H2. The van der Waals surface area contributed by atoms with Gasteiger partial charge in [0.15, 0.2) is 0 Å². The zero-order valence-electron chi connectivity index (χ0n) is 9.59. The van der Waals surface area contributed by atoms with Crippen LogP contribution in [-0.4, -0.2) is 17.2 Å². The molecule has 1 aliphatic rings. The van der Waals surface area contributed by atoms with E-state index in [0.29, 0.717) is 0 Å². The number of para-hydroxylation sites is 1. The first-order valence-corrected chi connectivity index (χ1v) is 5.93. The van der Waals surface area contributed by atoms with Gasteiger partial charge in [-0.1, -0.05) is 31.4 Å². The van der Waals surface area contributed by atoms with E-state index in [-0.39, 0.29) is 17.4 Å². The van der Waals surface area contributed by atoms with Gasteiger partial charge in [-0.2, -0.15) is 4.89 Å². The third-order valence-electron chi connectivity index (χ3n) is 2.94. The van der Waals surface area contributed by atoms with Crippen molar-refractivity contribution in [1.82, 2.24) is 0 Å². The molecule has 0 amide bonds. The summed E-state index contributed by atoms with van der Waals surface area (Å²) >= 11 is 0. The maximum Gasteiger partial charge on any atom is 0.376 e. The van der Waals surface area contributed by atoms with E-state index in [0.717, 1.165) is 25.7 Å². The normalized spacial score (nSPS) is 16.7. The van der Waals surface area contributed by atoms with Gasteiger partial charge in [0, 0.05) is 0 Å². The summed E-state index contributed by atoms with van der Waals surface area (Å²) in [5.41, 5.74) is 0.128. The molecule has 4 nitrogen and oxygen atoms in total. The van der Waals surface area contributed by atoms with E-state index in [1.807, 2.05) is 0 Å². The second kappa shape index (κ2) is 5.68. The number of benzene rings is 1. The number of phenolic OH excluding ortho intramolecular Hbond substituents is 1. The summed E-state index contributed by atoms with van der Waals surface area (Å²) in [7, 11) is 0. The Kier molecular flexibility index (Phi) is 3.98. The minimum Gasteiger partial charge on any atom is -0.507 e. The van der Waals surface area contributed by atoms with E-state index in [2.05, 4.69) is 0 Å². The molecule has 0 spiro atoms. The molecule has 0 heterocycles. The van der Waals surface area contributed by atoms with Crippen molar-refractivity contribution in [3.05, 3.63) is 29.8 Å². The Hall–Kier alpha value is -1.55. The van der Waals surface area contributed by atoms with Crippen LogP contribution in [0.1, 0.15) is 42.5 Å². The Morgan fingerprint density at radius 1 is 1.18 bits per heavy atom. The lowest BCUT2D eigenvalue weighted by atomic mass is 9.98. The Balaban J connectivity index is 1.87. The van der Waals surface area contributed by atoms with Crippen molar-refractivity contribution in [3.8, 4) is 5.75 Å². The molecule has 0 saturated heterocycles. The monoisotopic (exact) mass is 236 g/mol. The Labute approximate surface area is 100 Å². The van der Waals surface area contributed by atoms with Crippen LogP contribution in [0.4, 0.5) is 0 Å². The zero-order valence-corrected chi connectivity index (χ0v) is 9.59. The molecule has 1 aromatic rings. The first-order chi connectivity index (χ1) is 8.27. The summed E-state index contributed by atoms with van der Waals surface area (Å²) in [5.74, 6) is -0.738. The fourth-order valence-corrected chi connectivity index (χ4v) is 1.96. The van der Waals surface area contributed by atoms with Gasteiger partial charge in [0.25, 0.3) is 0 Å². The highest BCUT2D eigenvalue weighted by atomic mass is 17.2. The molecule has 17 heavy (non-hydrogen) atoms. The molecule has 92 valence electrons. The van der Waals surface area contributed by atoms with Crippen molar-refractivity contribution in [2.75, 3.05) is 0 Å². The van der Waals surface area contributed by atoms with Gasteiger partial charge in [-0.25, -0.2) is 4.79 Å². The van der Waals surface area contributed by atoms with Crippen LogP contribution in [-0.2, 0) is 9.78 Å². The fraction of sp³-hybridized carbons (Fsp3) is 0.462. The van der Waals surface area contributed by atoms with Crippen LogP contribution in [0.2, 0.25) is 0 Å². The summed E-state index contributed by atoms with van der Waals surface area (Å²) in [4.78, 5) is 21.4. The van der Waals surface area contributed by atoms with Crippen molar-refractivity contribution in [3.63, 3.8) is 0 Å². The lowest BCUT2D eigenvalue weighted by molar-refractivity contribution is -0.279. The first-order valence-electron chi connectivity index (χ1n) is 5.93. The largest absolute Gasteiger partial charge is 0.507 e. The minimum atomic E-state index is -0.645. The molecular weight excluding hydrogens is 220 g/mol. The van der Waals surface area contributed by atoms with Gasteiger partial charge >= 0.3 is 5.97 Å². The average Bonchev–Trinajstić information content (AvgIpc) is 2.38. The van der Waals surface area contributed by atoms with E-state index in [1.54, 1.807) is 12.1 Å². The smallest absolute Gasteiger partial charge is 0.376 e. The molecule has 1 fully saturated rings. The predicted molar refractivity (Wildman–Crippen MR) is 61.5 cm³/mol. The molecule has 0 aromatic heterocycles. The van der Waals surface area contributed by atoms with Crippen LogP contribution in [0.3, 0.4) is 0 Å². The molecular formula is C13H16O4. The van der Waals surface area contributed by atoms with Crippen LogP contribution in [0.5, 0.6) is 5.75 Å². The molecule has 1 N–H and O–H groups in total. The Morgan fingerprint density at radius 2 is 1.88 bits per heavy atom. The lowest BCUT2D eigenvalue weighted by Gasteiger charge is -2.19. The summed E-state index contributed by atoms with van der Waals surface area (Å²) in [5, 5.41) is 9.46. The summed E-state index contributed by atoms with van der Waals surface area (Å²) in [6, 6.07) is 6.25. The quantitative estimate of drug-likeness (QED) is 0.647. The third kappa shape index (κ3) is 3.20. The second-order valence-electron chi connectivity index (χ2n) is 4.24. The molecule has 1 aliphatic carbocycles. The number of rotatable bonds is 3. The third-order valence-corrected chi connectivity index (χ3v) is 2.94. The van der Waals surface area contributed by atoms with Gasteiger partial charge in [0.2, 0.25) is 0 Å². The van der Waals surface area contributed by atoms with E-state index in [1.165, 1.54) is 18.6 Å². The molecule has 1 saturated carbocycles. The van der Waals surface area contributed by atoms with Gasteiger partial charge in [-0.05, 0) is 25.0 Å². The lowest BCUT2D eigenvalue weighted by Crippen LogP contribution is -2.19. The molecule has 0 aliphatic heterocycles. The van der Waals surface area contributed by atoms with Crippen molar-refractivity contribution in [1.29, 1.82) is 0 Å². The Morgan fingerprint density at radius 3 is 2.59 bits per heavy atom. The van der Waals surface area contributed by atoms with Gasteiger partial charge < -0.3 is 5.11 Å². The van der Waals surface area contributed by atoms with Crippen LogP contribution in [0.15, 0.2) is 24.3 Å². The molecule has 0 radical (unpaired) electrons. The van der Waals surface area contributed by atoms with Gasteiger partial charge in [-0.3, -0.25) is 4.89 Å². The fourth-order valence-electron chi connectivity index (χ4n) is 1.96. The first kappa shape index (κ1) is 11.9. The van der Waals surface area contributed by atoms with Crippen molar-refractivity contribution in [2.45, 2.75) is 38.2 Å². The number of phenols is 1. The summed E-state index contributed by atoms with van der Waals surface area (Å²) in [6.07, 6.45) is 5.28. The van der Waals surface area contributed by atoms with Gasteiger partial charge in [0.05, 0.1) is 0 Å². The maximum atomic E-state index is 11.6. The van der Waals surface area contributed by atoms with E-state index in [9.17, 15) is 9.90 Å². The number of aromatic hydroxyl groups is 1. The summed E-state index contributed by atoms with van der Waals surface area (Å²) < 4.78 is 0. The number of carbonyl (C=O) groups is 1. The molecule has 0 atom stereocenters. The molecule has 0 bridgehead atoms. The molecule has 0 unspecified atom stereocenters. The summed E-state index contributed by atoms with van der Waals surface area (Å²) in [6.45, 7) is 0.